The van der Waals surface area contributed by atoms with E-state index < -0.39 is 0 Å². The lowest BCUT2D eigenvalue weighted by Gasteiger charge is -2.37. The molecule has 0 aliphatic carbocycles. The number of nitrogens with one attached hydrogen (secondary N) is 1. The molecule has 0 bridgehead atoms. The van der Waals surface area contributed by atoms with E-state index in [1.807, 2.05) is 12.2 Å². The Labute approximate surface area is 133 Å². The van der Waals surface area contributed by atoms with Crippen LogP contribution in [0, 0.1) is 5.41 Å². The van der Waals surface area contributed by atoms with Gasteiger partial charge >= 0.3 is 0 Å². The number of rotatable bonds is 1. The van der Waals surface area contributed by atoms with Crippen LogP contribution in [0.2, 0.25) is 0 Å². The van der Waals surface area contributed by atoms with Gasteiger partial charge in [0.05, 0.1) is 0 Å². The molecule has 1 spiro atoms. The average molecular weight is 322 g/mol. The second-order valence-electron chi connectivity index (χ2n) is 6.13. The number of carbonyl (C=O) groups is 1. The number of hydrogen-bond acceptors (Lipinski definition) is 3. The Morgan fingerprint density at radius 3 is 2.45 bits per heavy atom. The summed E-state index contributed by atoms with van der Waals surface area (Å²) in [6.07, 6.45) is 7.75. The van der Waals surface area contributed by atoms with Crippen molar-refractivity contribution in [2.24, 2.45) is 5.41 Å². The van der Waals surface area contributed by atoms with Crippen molar-refractivity contribution in [3.05, 3.63) is 12.2 Å². The van der Waals surface area contributed by atoms with Crippen LogP contribution in [0.4, 0.5) is 0 Å². The Kier molecular flexibility index (Phi) is 6.32. The molecular formula is C14H25Cl2N3O. The van der Waals surface area contributed by atoms with Gasteiger partial charge in [-0.2, -0.15) is 0 Å². The zero-order valence-corrected chi connectivity index (χ0v) is 13.6. The molecular weight excluding hydrogens is 297 g/mol. The van der Waals surface area contributed by atoms with E-state index in [0.717, 1.165) is 19.6 Å². The molecule has 1 atom stereocenters. The molecule has 0 aromatic carbocycles. The Morgan fingerprint density at radius 2 is 1.85 bits per heavy atom. The van der Waals surface area contributed by atoms with Gasteiger partial charge in [0.15, 0.2) is 0 Å². The summed E-state index contributed by atoms with van der Waals surface area (Å²) in [4.78, 5) is 16.8. The summed E-state index contributed by atoms with van der Waals surface area (Å²) in [6, 6.07) is -0.0635. The third-order valence-corrected chi connectivity index (χ3v) is 4.85. The third-order valence-electron chi connectivity index (χ3n) is 4.85. The highest BCUT2D eigenvalue weighted by Crippen LogP contribution is 2.40. The van der Waals surface area contributed by atoms with Gasteiger partial charge in [-0.05, 0) is 44.8 Å². The van der Waals surface area contributed by atoms with Crippen LogP contribution in [0.3, 0.4) is 0 Å². The van der Waals surface area contributed by atoms with Gasteiger partial charge in [0.2, 0.25) is 5.91 Å². The van der Waals surface area contributed by atoms with E-state index in [4.69, 9.17) is 0 Å². The fraction of sp³-hybridized carbons (Fsp3) is 0.786. The molecule has 0 aromatic heterocycles. The van der Waals surface area contributed by atoms with Crippen molar-refractivity contribution in [2.75, 3.05) is 39.8 Å². The lowest BCUT2D eigenvalue weighted by Crippen LogP contribution is -2.45. The molecule has 2 saturated heterocycles. The maximum absolute atomic E-state index is 12.3. The Balaban J connectivity index is 0.000001000. The SMILES string of the molecule is CN1CCC2(CC1)CCN(C(=O)C1C=CCN1)C2.Cl.Cl. The Morgan fingerprint density at radius 1 is 1.20 bits per heavy atom. The average Bonchev–Trinajstić information content (AvgIpc) is 3.03. The fourth-order valence-electron chi connectivity index (χ4n) is 3.46. The molecule has 3 aliphatic heterocycles. The van der Waals surface area contributed by atoms with Gasteiger partial charge in [-0.1, -0.05) is 12.2 Å². The highest BCUT2D eigenvalue weighted by molar-refractivity contribution is 5.85. The molecule has 1 unspecified atom stereocenters. The molecule has 3 aliphatic rings. The first kappa shape index (κ1) is 17.8. The largest absolute Gasteiger partial charge is 0.340 e. The molecule has 6 heteroatoms. The second kappa shape index (κ2) is 7.12. The Bertz CT molecular complexity index is 367. The molecule has 2 fully saturated rings. The van der Waals surface area contributed by atoms with Gasteiger partial charge in [0.25, 0.3) is 0 Å². The van der Waals surface area contributed by atoms with Crippen LogP contribution >= 0.6 is 24.8 Å². The van der Waals surface area contributed by atoms with E-state index >= 15 is 0 Å². The maximum Gasteiger partial charge on any atom is 0.243 e. The van der Waals surface area contributed by atoms with Crippen LogP contribution in [0.25, 0.3) is 0 Å². The van der Waals surface area contributed by atoms with E-state index in [0.29, 0.717) is 5.41 Å². The van der Waals surface area contributed by atoms with Crippen LogP contribution in [0.1, 0.15) is 19.3 Å². The molecule has 20 heavy (non-hydrogen) atoms. The predicted octanol–water partition coefficient (Wildman–Crippen LogP) is 1.30. The van der Waals surface area contributed by atoms with E-state index in [1.54, 1.807) is 0 Å². The summed E-state index contributed by atoms with van der Waals surface area (Å²) in [6.45, 7) is 5.13. The number of hydrogen-bond donors (Lipinski definition) is 1. The van der Waals surface area contributed by atoms with Crippen molar-refractivity contribution >= 4 is 30.7 Å². The molecule has 4 nitrogen and oxygen atoms in total. The highest BCUT2D eigenvalue weighted by atomic mass is 35.5. The van der Waals surface area contributed by atoms with Crippen LogP contribution in [0.15, 0.2) is 12.2 Å². The summed E-state index contributed by atoms with van der Waals surface area (Å²) in [5, 5.41) is 3.22. The quantitative estimate of drug-likeness (QED) is 0.739. The topological polar surface area (TPSA) is 35.6 Å². The monoisotopic (exact) mass is 321 g/mol. The smallest absolute Gasteiger partial charge is 0.243 e. The van der Waals surface area contributed by atoms with Crippen molar-refractivity contribution in [1.29, 1.82) is 0 Å². The number of nitrogens with zero attached hydrogens (tertiary/aromatic N) is 2. The second-order valence-corrected chi connectivity index (χ2v) is 6.13. The van der Waals surface area contributed by atoms with Crippen LogP contribution in [0.5, 0.6) is 0 Å². The minimum absolute atomic E-state index is 0. The molecule has 3 heterocycles. The normalized spacial score (nSPS) is 28.2. The first-order valence-corrected chi connectivity index (χ1v) is 7.06. The molecule has 1 amide bonds. The van der Waals surface area contributed by atoms with E-state index in [2.05, 4.69) is 22.2 Å². The van der Waals surface area contributed by atoms with Crippen LogP contribution in [-0.4, -0.2) is 61.5 Å². The summed E-state index contributed by atoms with van der Waals surface area (Å²) in [5.74, 6) is 0.277. The van der Waals surface area contributed by atoms with Crippen molar-refractivity contribution in [3.63, 3.8) is 0 Å². The number of piperidine rings is 1. The lowest BCUT2D eigenvalue weighted by atomic mass is 9.78. The van der Waals surface area contributed by atoms with Gasteiger partial charge in [-0.25, -0.2) is 0 Å². The van der Waals surface area contributed by atoms with Gasteiger partial charge in [-0.3, -0.25) is 10.1 Å². The molecule has 3 rings (SSSR count). The number of carbonyl (C=O) groups excluding carboxylic acids is 1. The summed E-state index contributed by atoms with van der Waals surface area (Å²) < 4.78 is 0. The molecule has 1 N–H and O–H groups in total. The highest BCUT2D eigenvalue weighted by Gasteiger charge is 2.42. The fourth-order valence-corrected chi connectivity index (χ4v) is 3.46. The maximum atomic E-state index is 12.3. The predicted molar refractivity (Wildman–Crippen MR) is 85.8 cm³/mol. The first-order chi connectivity index (χ1) is 8.69. The number of likely N-dealkylation sites (tertiary alicyclic amines) is 2. The third kappa shape index (κ3) is 3.48. The minimum atomic E-state index is -0.0635. The minimum Gasteiger partial charge on any atom is -0.340 e. The van der Waals surface area contributed by atoms with Crippen LogP contribution < -0.4 is 5.32 Å². The number of amides is 1. The molecule has 0 saturated carbocycles. The van der Waals surface area contributed by atoms with Gasteiger partial charge in [0.1, 0.15) is 6.04 Å². The van der Waals surface area contributed by atoms with Crippen LogP contribution in [-0.2, 0) is 4.79 Å². The van der Waals surface area contributed by atoms with E-state index in [1.165, 1.54) is 32.4 Å². The van der Waals surface area contributed by atoms with Crippen molar-refractivity contribution < 1.29 is 4.79 Å². The number of halogens is 2. The van der Waals surface area contributed by atoms with Gasteiger partial charge < -0.3 is 9.80 Å². The van der Waals surface area contributed by atoms with Gasteiger partial charge in [-0.15, -0.1) is 24.8 Å². The molecule has 116 valence electrons. The zero-order chi connectivity index (χ0) is 12.6. The van der Waals surface area contributed by atoms with E-state index in [9.17, 15) is 4.79 Å². The van der Waals surface area contributed by atoms with Crippen molar-refractivity contribution in [1.82, 2.24) is 15.1 Å². The summed E-state index contributed by atoms with van der Waals surface area (Å²) >= 11 is 0. The van der Waals surface area contributed by atoms with Crippen molar-refractivity contribution in [2.45, 2.75) is 25.3 Å². The molecule has 0 aromatic rings. The van der Waals surface area contributed by atoms with E-state index in [-0.39, 0.29) is 36.8 Å². The molecule has 0 radical (unpaired) electrons. The first-order valence-electron chi connectivity index (χ1n) is 7.06. The summed E-state index contributed by atoms with van der Waals surface area (Å²) in [5.41, 5.74) is 0.421. The van der Waals surface area contributed by atoms with Crippen molar-refractivity contribution in [3.8, 4) is 0 Å². The standard InChI is InChI=1S/C14H23N3O.2ClH/c1-16-8-4-14(5-9-16)6-10-17(11-14)13(18)12-3-2-7-15-12;;/h2-3,12,15H,4-11H2,1H3;2*1H. The summed E-state index contributed by atoms with van der Waals surface area (Å²) in [7, 11) is 2.19. The Hall–Kier alpha value is -0.290. The zero-order valence-electron chi connectivity index (χ0n) is 12.0. The lowest BCUT2D eigenvalue weighted by molar-refractivity contribution is -0.131. The van der Waals surface area contributed by atoms with Gasteiger partial charge in [0, 0.05) is 19.6 Å².